The summed E-state index contributed by atoms with van der Waals surface area (Å²) in [5.41, 5.74) is 0. The zero-order valence-electron chi connectivity index (χ0n) is 15.0. The summed E-state index contributed by atoms with van der Waals surface area (Å²) in [5.74, 6) is 0. The first-order valence-electron chi connectivity index (χ1n) is 10.1. The van der Waals surface area contributed by atoms with Crippen molar-refractivity contribution < 1.29 is 0 Å². The Kier molecular flexibility index (Phi) is 12.3. The van der Waals surface area contributed by atoms with Crippen LogP contribution in [0.1, 0.15) is 110 Å². The zero-order chi connectivity index (χ0) is 15.2. The molecule has 21 heavy (non-hydrogen) atoms. The van der Waals surface area contributed by atoms with Crippen molar-refractivity contribution in [3.63, 3.8) is 0 Å². The molecule has 0 atom stereocenters. The summed E-state index contributed by atoms with van der Waals surface area (Å²) in [5, 5.41) is 0. The monoisotopic (exact) mass is 295 g/mol. The highest BCUT2D eigenvalue weighted by atomic mass is 15.1. The second-order valence-corrected chi connectivity index (χ2v) is 7.16. The van der Waals surface area contributed by atoms with Crippen LogP contribution in [0.4, 0.5) is 0 Å². The van der Waals surface area contributed by atoms with E-state index in [0.717, 1.165) is 6.04 Å². The van der Waals surface area contributed by atoms with Crippen molar-refractivity contribution in [2.45, 2.75) is 116 Å². The molecule has 0 aromatic carbocycles. The molecule has 1 nitrogen and oxygen atoms in total. The third-order valence-corrected chi connectivity index (χ3v) is 5.19. The van der Waals surface area contributed by atoms with Crippen molar-refractivity contribution >= 4 is 0 Å². The van der Waals surface area contributed by atoms with E-state index in [0.29, 0.717) is 0 Å². The minimum Gasteiger partial charge on any atom is -0.300 e. The maximum Gasteiger partial charge on any atom is 0.00952 e. The Bertz CT molecular complexity index is 208. The molecule has 1 saturated carbocycles. The number of rotatable bonds is 13. The van der Waals surface area contributed by atoms with E-state index in [4.69, 9.17) is 0 Å². The molecule has 0 aliphatic heterocycles. The third-order valence-electron chi connectivity index (χ3n) is 5.19. The molecule has 1 heteroatoms. The van der Waals surface area contributed by atoms with Gasteiger partial charge in [-0.05, 0) is 38.8 Å². The normalized spacial score (nSPS) is 16.7. The molecule has 0 heterocycles. The number of hydrogen-bond donors (Lipinski definition) is 0. The van der Waals surface area contributed by atoms with Crippen LogP contribution in [0.2, 0.25) is 0 Å². The van der Waals surface area contributed by atoms with Gasteiger partial charge in [0.2, 0.25) is 0 Å². The van der Waals surface area contributed by atoms with Gasteiger partial charge in [0.25, 0.3) is 0 Å². The zero-order valence-corrected chi connectivity index (χ0v) is 15.0. The van der Waals surface area contributed by atoms with E-state index in [9.17, 15) is 0 Å². The van der Waals surface area contributed by atoms with Gasteiger partial charge in [-0.25, -0.2) is 0 Å². The molecule has 0 aromatic heterocycles. The summed E-state index contributed by atoms with van der Waals surface area (Å²) < 4.78 is 0. The van der Waals surface area contributed by atoms with Crippen LogP contribution in [0.5, 0.6) is 0 Å². The second kappa shape index (κ2) is 13.6. The van der Waals surface area contributed by atoms with Crippen LogP contribution in [0.15, 0.2) is 0 Å². The van der Waals surface area contributed by atoms with Crippen LogP contribution in [0.25, 0.3) is 0 Å². The van der Waals surface area contributed by atoms with Gasteiger partial charge in [-0.2, -0.15) is 0 Å². The molecule has 1 aliphatic carbocycles. The van der Waals surface area contributed by atoms with Crippen LogP contribution >= 0.6 is 0 Å². The average Bonchev–Trinajstić information content (AvgIpc) is 2.53. The number of unbranched alkanes of at least 4 members (excludes halogenated alkanes) is 8. The molecular weight excluding hydrogens is 254 g/mol. The smallest absolute Gasteiger partial charge is 0.00952 e. The summed E-state index contributed by atoms with van der Waals surface area (Å²) in [6, 6.07) is 0.926. The van der Waals surface area contributed by atoms with Gasteiger partial charge in [0.15, 0.2) is 0 Å². The van der Waals surface area contributed by atoms with Gasteiger partial charge in [0.1, 0.15) is 0 Å². The van der Waals surface area contributed by atoms with Gasteiger partial charge >= 0.3 is 0 Å². The SMILES string of the molecule is CCCCCCCCCCN(CCCC)C1CCCCC1. The fourth-order valence-electron chi connectivity index (χ4n) is 3.73. The fraction of sp³-hybridized carbons (Fsp3) is 1.00. The van der Waals surface area contributed by atoms with Crippen molar-refractivity contribution in [2.75, 3.05) is 13.1 Å². The predicted octanol–water partition coefficient (Wildman–Crippen LogP) is 6.56. The van der Waals surface area contributed by atoms with Gasteiger partial charge in [0.05, 0.1) is 0 Å². The summed E-state index contributed by atoms with van der Waals surface area (Å²) >= 11 is 0. The second-order valence-electron chi connectivity index (χ2n) is 7.16. The minimum atomic E-state index is 0.926. The molecule has 0 bridgehead atoms. The van der Waals surface area contributed by atoms with E-state index >= 15 is 0 Å². The van der Waals surface area contributed by atoms with E-state index in [1.54, 1.807) is 0 Å². The molecular formula is C20H41N. The lowest BCUT2D eigenvalue weighted by atomic mass is 9.93. The lowest BCUT2D eigenvalue weighted by Gasteiger charge is -2.34. The summed E-state index contributed by atoms with van der Waals surface area (Å²) in [6.07, 6.45) is 21.7. The Morgan fingerprint density at radius 1 is 0.619 bits per heavy atom. The van der Waals surface area contributed by atoms with Crippen LogP contribution in [0, 0.1) is 0 Å². The van der Waals surface area contributed by atoms with Crippen molar-refractivity contribution in [3.05, 3.63) is 0 Å². The molecule has 0 spiro atoms. The first-order valence-corrected chi connectivity index (χ1v) is 10.1. The summed E-state index contributed by atoms with van der Waals surface area (Å²) in [6.45, 7) is 7.36. The molecule has 1 fully saturated rings. The first kappa shape index (κ1) is 19.0. The van der Waals surface area contributed by atoms with Crippen LogP contribution in [-0.2, 0) is 0 Å². The van der Waals surface area contributed by atoms with Crippen LogP contribution < -0.4 is 0 Å². The van der Waals surface area contributed by atoms with E-state index in [-0.39, 0.29) is 0 Å². The molecule has 0 amide bonds. The van der Waals surface area contributed by atoms with Crippen molar-refractivity contribution in [3.8, 4) is 0 Å². The molecule has 0 N–H and O–H groups in total. The van der Waals surface area contributed by atoms with E-state index in [1.165, 1.54) is 109 Å². The van der Waals surface area contributed by atoms with Crippen molar-refractivity contribution in [2.24, 2.45) is 0 Å². The lowest BCUT2D eigenvalue weighted by molar-refractivity contribution is 0.150. The van der Waals surface area contributed by atoms with Crippen LogP contribution in [-0.4, -0.2) is 24.0 Å². The Balaban J connectivity index is 2.08. The molecule has 0 unspecified atom stereocenters. The topological polar surface area (TPSA) is 3.24 Å². The maximum atomic E-state index is 2.85. The van der Waals surface area contributed by atoms with Crippen LogP contribution in [0.3, 0.4) is 0 Å². The molecule has 126 valence electrons. The Hall–Kier alpha value is -0.0400. The first-order chi connectivity index (χ1) is 10.4. The average molecular weight is 296 g/mol. The molecule has 0 aromatic rings. The number of hydrogen-bond acceptors (Lipinski definition) is 1. The standard InChI is InChI=1S/C20H41N/c1-3-5-7-8-9-10-11-15-19-21(18-6-4-2)20-16-13-12-14-17-20/h20H,3-19H2,1-2H3. The Morgan fingerprint density at radius 2 is 1.14 bits per heavy atom. The summed E-state index contributed by atoms with van der Waals surface area (Å²) in [4.78, 5) is 2.85. The lowest BCUT2D eigenvalue weighted by Crippen LogP contribution is -2.38. The van der Waals surface area contributed by atoms with Gasteiger partial charge in [-0.3, -0.25) is 0 Å². The Labute approximate surface area is 134 Å². The summed E-state index contributed by atoms with van der Waals surface area (Å²) in [7, 11) is 0. The van der Waals surface area contributed by atoms with Crippen molar-refractivity contribution in [1.29, 1.82) is 0 Å². The fourth-order valence-corrected chi connectivity index (χ4v) is 3.73. The molecule has 1 aliphatic rings. The van der Waals surface area contributed by atoms with Gasteiger partial charge < -0.3 is 4.90 Å². The molecule has 1 rings (SSSR count). The highest BCUT2D eigenvalue weighted by molar-refractivity contribution is 4.75. The van der Waals surface area contributed by atoms with Crippen molar-refractivity contribution in [1.82, 2.24) is 4.90 Å². The van der Waals surface area contributed by atoms with Gasteiger partial charge in [-0.15, -0.1) is 0 Å². The highest BCUT2D eigenvalue weighted by Gasteiger charge is 2.19. The quantitative estimate of drug-likeness (QED) is 0.348. The highest BCUT2D eigenvalue weighted by Crippen LogP contribution is 2.23. The van der Waals surface area contributed by atoms with Gasteiger partial charge in [-0.1, -0.05) is 84.5 Å². The maximum absolute atomic E-state index is 2.85. The van der Waals surface area contributed by atoms with E-state index in [2.05, 4.69) is 18.7 Å². The van der Waals surface area contributed by atoms with Gasteiger partial charge in [0, 0.05) is 6.04 Å². The number of nitrogens with zero attached hydrogens (tertiary/aromatic N) is 1. The third kappa shape index (κ3) is 9.55. The predicted molar refractivity (Wildman–Crippen MR) is 96.0 cm³/mol. The molecule has 0 radical (unpaired) electrons. The Morgan fingerprint density at radius 3 is 1.76 bits per heavy atom. The minimum absolute atomic E-state index is 0.926. The molecule has 0 saturated heterocycles. The van der Waals surface area contributed by atoms with E-state index in [1.807, 2.05) is 0 Å². The largest absolute Gasteiger partial charge is 0.300 e. The van der Waals surface area contributed by atoms with E-state index < -0.39 is 0 Å².